The van der Waals surface area contributed by atoms with Crippen LogP contribution in [0.2, 0.25) is 0 Å². The van der Waals surface area contributed by atoms with Crippen LogP contribution < -0.4 is 0 Å². The first-order valence-electron chi connectivity index (χ1n) is 9.10. The normalized spacial score (nSPS) is 10.7. The van der Waals surface area contributed by atoms with Gasteiger partial charge >= 0.3 is 5.97 Å². The number of unbranched alkanes of at least 4 members (excludes halogenated alkanes) is 14. The second kappa shape index (κ2) is 17.3. The third-order valence-corrected chi connectivity index (χ3v) is 4.05. The Hall–Kier alpha value is -0.790. The average molecular weight is 296 g/mol. The molecule has 0 atom stereocenters. The Morgan fingerprint density at radius 3 is 1.33 bits per heavy atom. The lowest BCUT2D eigenvalue weighted by atomic mass is 10.0. The minimum absolute atomic E-state index is 0.341. The molecule has 21 heavy (non-hydrogen) atoms. The maximum atomic E-state index is 10.3. The molecule has 0 bridgehead atoms. The van der Waals surface area contributed by atoms with Crippen molar-refractivity contribution in [1.82, 2.24) is 0 Å². The predicted molar refractivity (Wildman–Crippen MR) is 91.7 cm³/mol. The first kappa shape index (κ1) is 20.2. The number of hydrogen-bond acceptors (Lipinski definition) is 1. The van der Waals surface area contributed by atoms with Crippen LogP contribution >= 0.6 is 0 Å². The first-order chi connectivity index (χ1) is 10.3. The summed E-state index contributed by atoms with van der Waals surface area (Å²) in [5.41, 5.74) is 0. The number of rotatable bonds is 17. The fourth-order valence-corrected chi connectivity index (χ4v) is 2.69. The molecule has 0 aliphatic carbocycles. The first-order valence-corrected chi connectivity index (χ1v) is 9.10. The largest absolute Gasteiger partial charge is 0.481 e. The molecular formula is C19H36O2. The van der Waals surface area contributed by atoms with Crippen molar-refractivity contribution >= 4 is 5.97 Å². The Morgan fingerprint density at radius 1 is 0.667 bits per heavy atom. The summed E-state index contributed by atoms with van der Waals surface area (Å²) >= 11 is 0. The number of carboxylic acids is 1. The lowest BCUT2D eigenvalue weighted by Crippen LogP contribution is -1.93. The van der Waals surface area contributed by atoms with E-state index in [4.69, 9.17) is 5.11 Å². The molecule has 0 aliphatic heterocycles. The molecule has 0 radical (unpaired) electrons. The van der Waals surface area contributed by atoms with E-state index in [2.05, 4.69) is 6.58 Å². The van der Waals surface area contributed by atoms with Crippen LogP contribution in [0.5, 0.6) is 0 Å². The highest BCUT2D eigenvalue weighted by Gasteiger charge is 1.97. The molecule has 0 spiro atoms. The van der Waals surface area contributed by atoms with Crippen LogP contribution in [-0.2, 0) is 4.79 Å². The number of allylic oxidation sites excluding steroid dienone is 1. The van der Waals surface area contributed by atoms with Gasteiger partial charge in [-0.1, -0.05) is 83.1 Å². The van der Waals surface area contributed by atoms with E-state index in [9.17, 15) is 4.79 Å². The summed E-state index contributed by atoms with van der Waals surface area (Å²) < 4.78 is 0. The fraction of sp³-hybridized carbons (Fsp3) is 0.842. The minimum Gasteiger partial charge on any atom is -0.481 e. The van der Waals surface area contributed by atoms with Gasteiger partial charge in [0.05, 0.1) is 0 Å². The van der Waals surface area contributed by atoms with Crippen LogP contribution in [-0.4, -0.2) is 11.1 Å². The minimum atomic E-state index is -0.657. The van der Waals surface area contributed by atoms with E-state index in [1.165, 1.54) is 83.5 Å². The van der Waals surface area contributed by atoms with E-state index in [0.29, 0.717) is 6.42 Å². The van der Waals surface area contributed by atoms with Crippen molar-refractivity contribution in [3.05, 3.63) is 12.7 Å². The van der Waals surface area contributed by atoms with Crippen LogP contribution in [0.15, 0.2) is 12.7 Å². The molecule has 2 heteroatoms. The summed E-state index contributed by atoms with van der Waals surface area (Å²) in [5, 5.41) is 8.52. The molecule has 0 aliphatic rings. The number of carboxylic acid groups (broad SMARTS) is 1. The van der Waals surface area contributed by atoms with Gasteiger partial charge in [0.2, 0.25) is 0 Å². The zero-order valence-electron chi connectivity index (χ0n) is 14.0. The van der Waals surface area contributed by atoms with Gasteiger partial charge < -0.3 is 5.11 Å². The van der Waals surface area contributed by atoms with Crippen molar-refractivity contribution < 1.29 is 9.90 Å². The maximum absolute atomic E-state index is 10.3. The van der Waals surface area contributed by atoms with Gasteiger partial charge in [0.1, 0.15) is 0 Å². The van der Waals surface area contributed by atoms with Crippen molar-refractivity contribution in [2.45, 2.75) is 103 Å². The van der Waals surface area contributed by atoms with Crippen molar-refractivity contribution in [2.24, 2.45) is 0 Å². The van der Waals surface area contributed by atoms with Gasteiger partial charge in [-0.15, -0.1) is 6.58 Å². The quantitative estimate of drug-likeness (QED) is 0.246. The van der Waals surface area contributed by atoms with Gasteiger partial charge in [0.25, 0.3) is 0 Å². The summed E-state index contributed by atoms with van der Waals surface area (Å²) in [5.74, 6) is -0.657. The van der Waals surface area contributed by atoms with Gasteiger partial charge in [-0.05, 0) is 19.3 Å². The molecule has 0 saturated heterocycles. The second-order valence-corrected chi connectivity index (χ2v) is 6.17. The van der Waals surface area contributed by atoms with Crippen LogP contribution in [0.3, 0.4) is 0 Å². The van der Waals surface area contributed by atoms with Crippen LogP contribution in [0.1, 0.15) is 103 Å². The Kier molecular flexibility index (Phi) is 16.6. The molecular weight excluding hydrogens is 260 g/mol. The highest BCUT2D eigenvalue weighted by Crippen LogP contribution is 2.13. The molecule has 0 rings (SSSR count). The van der Waals surface area contributed by atoms with Crippen LogP contribution in [0.25, 0.3) is 0 Å². The Balaban J connectivity index is 2.96. The highest BCUT2D eigenvalue weighted by molar-refractivity contribution is 5.66. The monoisotopic (exact) mass is 296 g/mol. The highest BCUT2D eigenvalue weighted by atomic mass is 16.4. The SMILES string of the molecule is C=CCCCCCCCCCCCCCCCCC(=O)O. The zero-order chi connectivity index (χ0) is 15.6. The number of aliphatic carboxylic acids is 1. The number of hydrogen-bond donors (Lipinski definition) is 1. The fourth-order valence-electron chi connectivity index (χ4n) is 2.69. The van der Waals surface area contributed by atoms with Gasteiger partial charge in [-0.3, -0.25) is 4.79 Å². The molecule has 0 saturated carbocycles. The zero-order valence-corrected chi connectivity index (χ0v) is 14.0. The average Bonchev–Trinajstić information content (AvgIpc) is 2.46. The summed E-state index contributed by atoms with van der Waals surface area (Å²) in [6.07, 6.45) is 21.7. The van der Waals surface area contributed by atoms with Gasteiger partial charge in [0.15, 0.2) is 0 Å². The van der Waals surface area contributed by atoms with Crippen molar-refractivity contribution in [3.63, 3.8) is 0 Å². The van der Waals surface area contributed by atoms with E-state index >= 15 is 0 Å². The second-order valence-electron chi connectivity index (χ2n) is 6.17. The molecule has 1 N–H and O–H groups in total. The molecule has 0 aromatic heterocycles. The van der Waals surface area contributed by atoms with E-state index in [0.717, 1.165) is 12.8 Å². The molecule has 0 fully saturated rings. The van der Waals surface area contributed by atoms with E-state index in [1.807, 2.05) is 6.08 Å². The molecule has 0 heterocycles. The molecule has 124 valence electrons. The Bertz CT molecular complexity index is 236. The van der Waals surface area contributed by atoms with E-state index in [1.54, 1.807) is 0 Å². The molecule has 0 aromatic carbocycles. The number of carbonyl (C=O) groups is 1. The maximum Gasteiger partial charge on any atom is 0.303 e. The van der Waals surface area contributed by atoms with Gasteiger partial charge in [-0.2, -0.15) is 0 Å². The lowest BCUT2D eigenvalue weighted by Gasteiger charge is -2.03. The summed E-state index contributed by atoms with van der Waals surface area (Å²) in [6.45, 7) is 3.75. The topological polar surface area (TPSA) is 37.3 Å². The summed E-state index contributed by atoms with van der Waals surface area (Å²) in [7, 11) is 0. The van der Waals surface area contributed by atoms with Gasteiger partial charge in [-0.25, -0.2) is 0 Å². The Morgan fingerprint density at radius 2 is 1.00 bits per heavy atom. The van der Waals surface area contributed by atoms with Crippen molar-refractivity contribution in [1.29, 1.82) is 0 Å². The van der Waals surface area contributed by atoms with E-state index < -0.39 is 5.97 Å². The standard InChI is InChI=1S/C19H36O2/c1-2-3-4-5-6-7-8-9-10-11-12-13-14-15-16-17-18-19(20)21/h2H,1,3-18H2,(H,20,21). The molecule has 0 aromatic rings. The van der Waals surface area contributed by atoms with Crippen molar-refractivity contribution in [3.8, 4) is 0 Å². The summed E-state index contributed by atoms with van der Waals surface area (Å²) in [6, 6.07) is 0. The Labute approximate surface area is 132 Å². The smallest absolute Gasteiger partial charge is 0.303 e. The van der Waals surface area contributed by atoms with E-state index in [-0.39, 0.29) is 0 Å². The lowest BCUT2D eigenvalue weighted by molar-refractivity contribution is -0.137. The molecule has 2 nitrogen and oxygen atoms in total. The summed E-state index contributed by atoms with van der Waals surface area (Å²) in [4.78, 5) is 10.3. The predicted octanol–water partition coefficient (Wildman–Crippen LogP) is 6.50. The van der Waals surface area contributed by atoms with Crippen molar-refractivity contribution in [2.75, 3.05) is 0 Å². The third kappa shape index (κ3) is 19.2. The van der Waals surface area contributed by atoms with Crippen LogP contribution in [0, 0.1) is 0 Å². The molecule has 0 amide bonds. The van der Waals surface area contributed by atoms with Gasteiger partial charge in [0, 0.05) is 6.42 Å². The third-order valence-electron chi connectivity index (χ3n) is 4.05. The van der Waals surface area contributed by atoms with Crippen LogP contribution in [0.4, 0.5) is 0 Å². The molecule has 0 unspecified atom stereocenters.